The molecule has 0 radical (unpaired) electrons. The number of halogens is 3. The van der Waals surface area contributed by atoms with Gasteiger partial charge in [-0.1, -0.05) is 71.6 Å². The number of amides is 2. The average molecular weight is 515 g/mol. The van der Waals surface area contributed by atoms with E-state index in [0.29, 0.717) is 9.90 Å². The number of hydrogen-bond donors (Lipinski definition) is 2. The van der Waals surface area contributed by atoms with Crippen LogP contribution in [0.2, 0.25) is 0 Å². The second-order valence-corrected chi connectivity index (χ2v) is 9.39. The minimum absolute atomic E-state index is 0.0499. The molecular formula is C24H17F3N4O2S2. The Morgan fingerprint density at radius 3 is 2.29 bits per heavy atom. The van der Waals surface area contributed by atoms with Gasteiger partial charge in [-0.25, -0.2) is 0 Å². The summed E-state index contributed by atoms with van der Waals surface area (Å²) < 4.78 is 38.8. The number of aromatic nitrogens is 2. The van der Waals surface area contributed by atoms with Crippen molar-refractivity contribution in [1.29, 1.82) is 0 Å². The number of nitrogens with one attached hydrogen (secondary N) is 2. The summed E-state index contributed by atoms with van der Waals surface area (Å²) in [4.78, 5) is 24.6. The minimum Gasteiger partial charge on any atom is -0.325 e. The van der Waals surface area contributed by atoms with Crippen LogP contribution in [0.4, 0.5) is 24.0 Å². The Hall–Kier alpha value is -3.70. The van der Waals surface area contributed by atoms with Crippen LogP contribution in [0.1, 0.15) is 15.9 Å². The molecule has 4 rings (SSSR count). The number of carbonyl (C=O) groups excluding carboxylic acids is 2. The van der Waals surface area contributed by atoms with E-state index < -0.39 is 17.6 Å². The lowest BCUT2D eigenvalue weighted by atomic mass is 10.0. The predicted octanol–water partition coefficient (Wildman–Crippen LogP) is 6.21. The molecule has 0 aliphatic rings. The van der Waals surface area contributed by atoms with Gasteiger partial charge in [-0.05, 0) is 41.5 Å². The lowest BCUT2D eigenvalue weighted by Crippen LogP contribution is -2.15. The summed E-state index contributed by atoms with van der Waals surface area (Å²) >= 11 is 2.15. The maximum absolute atomic E-state index is 12.8. The molecule has 6 nitrogen and oxygen atoms in total. The molecule has 0 bridgehead atoms. The number of alkyl halides is 3. The highest BCUT2D eigenvalue weighted by Crippen LogP contribution is 2.31. The summed E-state index contributed by atoms with van der Waals surface area (Å²) in [7, 11) is 0. The molecule has 2 N–H and O–H groups in total. The summed E-state index contributed by atoms with van der Waals surface area (Å²) in [5.41, 5.74) is 1.69. The summed E-state index contributed by atoms with van der Waals surface area (Å²) in [6.45, 7) is 0. The van der Waals surface area contributed by atoms with Crippen LogP contribution in [0.5, 0.6) is 0 Å². The van der Waals surface area contributed by atoms with Gasteiger partial charge in [-0.3, -0.25) is 14.9 Å². The number of rotatable bonds is 7. The summed E-state index contributed by atoms with van der Waals surface area (Å²) in [5, 5.41) is 13.2. The zero-order chi connectivity index (χ0) is 24.8. The highest BCUT2D eigenvalue weighted by molar-refractivity contribution is 8.01. The average Bonchev–Trinajstić information content (AvgIpc) is 3.30. The molecule has 1 aromatic heterocycles. The Morgan fingerprint density at radius 1 is 0.857 bits per heavy atom. The molecule has 0 saturated carbocycles. The highest BCUT2D eigenvalue weighted by Gasteiger charge is 2.30. The van der Waals surface area contributed by atoms with E-state index >= 15 is 0 Å². The van der Waals surface area contributed by atoms with Gasteiger partial charge in [0.2, 0.25) is 11.0 Å². The molecule has 0 fully saturated rings. The smallest absolute Gasteiger partial charge is 0.325 e. The summed E-state index contributed by atoms with van der Waals surface area (Å²) in [6, 6.07) is 21.3. The molecule has 0 aliphatic carbocycles. The van der Waals surface area contributed by atoms with Crippen molar-refractivity contribution >= 4 is 45.7 Å². The minimum atomic E-state index is -4.49. The fraction of sp³-hybridized carbons (Fsp3) is 0.0833. The summed E-state index contributed by atoms with van der Waals surface area (Å²) in [6.07, 6.45) is -4.49. The van der Waals surface area contributed by atoms with Gasteiger partial charge < -0.3 is 5.32 Å². The molecule has 35 heavy (non-hydrogen) atoms. The van der Waals surface area contributed by atoms with E-state index in [0.717, 1.165) is 46.4 Å². The first-order valence-corrected chi connectivity index (χ1v) is 12.0. The van der Waals surface area contributed by atoms with Crippen molar-refractivity contribution in [2.75, 3.05) is 16.4 Å². The van der Waals surface area contributed by atoms with E-state index in [2.05, 4.69) is 20.8 Å². The number of hydrogen-bond acceptors (Lipinski definition) is 6. The molecule has 3 aromatic carbocycles. The Kier molecular flexibility index (Phi) is 7.47. The molecule has 1 heterocycles. The largest absolute Gasteiger partial charge is 0.416 e. The highest BCUT2D eigenvalue weighted by atomic mass is 32.2. The second kappa shape index (κ2) is 10.7. The van der Waals surface area contributed by atoms with Gasteiger partial charge in [0.05, 0.1) is 11.3 Å². The Balaban J connectivity index is 1.29. The third-order valence-electron chi connectivity index (χ3n) is 4.68. The Labute approximate surface area is 206 Å². The van der Waals surface area contributed by atoms with E-state index in [9.17, 15) is 22.8 Å². The third-order valence-corrected chi connectivity index (χ3v) is 6.65. The summed E-state index contributed by atoms with van der Waals surface area (Å²) in [5.74, 6) is -0.923. The number of nitrogens with zero attached hydrogens (tertiary/aromatic N) is 2. The molecule has 0 atom stereocenters. The van der Waals surface area contributed by atoms with Gasteiger partial charge >= 0.3 is 6.18 Å². The second-order valence-electron chi connectivity index (χ2n) is 7.19. The zero-order valence-corrected chi connectivity index (χ0v) is 19.5. The fourth-order valence-electron chi connectivity index (χ4n) is 3.03. The van der Waals surface area contributed by atoms with Crippen molar-refractivity contribution in [3.05, 3.63) is 90.0 Å². The fourth-order valence-corrected chi connectivity index (χ4v) is 4.58. The first kappa shape index (κ1) is 24.4. The lowest BCUT2D eigenvalue weighted by molar-refractivity contribution is -0.137. The molecule has 2 amide bonds. The maximum atomic E-state index is 12.8. The van der Waals surface area contributed by atoms with Crippen molar-refractivity contribution in [3.8, 4) is 11.1 Å². The maximum Gasteiger partial charge on any atom is 0.416 e. The molecule has 178 valence electrons. The molecule has 0 spiro atoms. The van der Waals surface area contributed by atoms with Gasteiger partial charge in [0.1, 0.15) is 0 Å². The number of carbonyl (C=O) groups is 2. The molecule has 0 unspecified atom stereocenters. The third kappa shape index (κ3) is 6.67. The quantitative estimate of drug-likeness (QED) is 0.226. The first-order chi connectivity index (χ1) is 16.8. The molecule has 0 saturated heterocycles. The van der Waals surface area contributed by atoms with E-state index in [1.165, 1.54) is 12.1 Å². The molecule has 0 aliphatic heterocycles. The van der Waals surface area contributed by atoms with Crippen LogP contribution in [-0.4, -0.2) is 27.8 Å². The monoisotopic (exact) mass is 514 g/mol. The van der Waals surface area contributed by atoms with Gasteiger partial charge in [-0.15, -0.1) is 10.2 Å². The number of benzene rings is 3. The molecular weight excluding hydrogens is 497 g/mol. The van der Waals surface area contributed by atoms with Crippen LogP contribution in [0.25, 0.3) is 11.1 Å². The zero-order valence-electron chi connectivity index (χ0n) is 17.9. The predicted molar refractivity (Wildman–Crippen MR) is 131 cm³/mol. The van der Waals surface area contributed by atoms with Gasteiger partial charge in [0.15, 0.2) is 4.34 Å². The van der Waals surface area contributed by atoms with Crippen LogP contribution in [-0.2, 0) is 11.0 Å². The van der Waals surface area contributed by atoms with Crippen molar-refractivity contribution in [2.45, 2.75) is 10.5 Å². The van der Waals surface area contributed by atoms with Crippen molar-refractivity contribution in [3.63, 3.8) is 0 Å². The van der Waals surface area contributed by atoms with Gasteiger partial charge in [0.25, 0.3) is 5.91 Å². The van der Waals surface area contributed by atoms with Crippen LogP contribution in [0, 0.1) is 0 Å². The van der Waals surface area contributed by atoms with Crippen LogP contribution >= 0.6 is 23.1 Å². The first-order valence-electron chi connectivity index (χ1n) is 10.2. The van der Waals surface area contributed by atoms with E-state index in [4.69, 9.17) is 0 Å². The van der Waals surface area contributed by atoms with Crippen molar-refractivity contribution in [1.82, 2.24) is 10.2 Å². The van der Waals surface area contributed by atoms with Gasteiger partial charge in [0, 0.05) is 11.3 Å². The SMILES string of the molecule is O=C(CSc1nnc(NC(=O)c2ccc(-c3ccccc3)cc2)s1)Nc1cccc(C(F)(F)F)c1. The Bertz CT molecular complexity index is 1330. The number of anilines is 2. The van der Waals surface area contributed by atoms with E-state index in [-0.39, 0.29) is 22.5 Å². The molecule has 4 aromatic rings. The molecule has 11 heteroatoms. The van der Waals surface area contributed by atoms with Gasteiger partial charge in [-0.2, -0.15) is 13.2 Å². The standard InChI is InChI=1S/C24H17F3N4O2S2/c25-24(26,27)18-7-4-8-19(13-18)28-20(32)14-34-23-31-30-22(35-23)29-21(33)17-11-9-16(10-12-17)15-5-2-1-3-6-15/h1-13H,14H2,(H,28,32)(H,29,30,33). The van der Waals surface area contributed by atoms with Crippen molar-refractivity contribution in [2.24, 2.45) is 0 Å². The Morgan fingerprint density at radius 2 is 1.57 bits per heavy atom. The van der Waals surface area contributed by atoms with Crippen LogP contribution in [0.15, 0.2) is 83.2 Å². The van der Waals surface area contributed by atoms with E-state index in [1.54, 1.807) is 12.1 Å². The number of thioether (sulfide) groups is 1. The normalized spacial score (nSPS) is 11.2. The van der Waals surface area contributed by atoms with Crippen LogP contribution in [0.3, 0.4) is 0 Å². The van der Waals surface area contributed by atoms with Crippen LogP contribution < -0.4 is 10.6 Å². The van der Waals surface area contributed by atoms with E-state index in [1.807, 2.05) is 42.5 Å². The van der Waals surface area contributed by atoms with Crippen molar-refractivity contribution < 1.29 is 22.8 Å². The lowest BCUT2D eigenvalue weighted by Gasteiger charge is -2.09. The topological polar surface area (TPSA) is 84.0 Å².